The lowest BCUT2D eigenvalue weighted by atomic mass is 9.91. The number of benzene rings is 3. The number of hydrogen-bond acceptors (Lipinski definition) is 4. The van der Waals surface area contributed by atoms with Crippen LogP contribution in [0, 0.1) is 5.92 Å². The monoisotopic (exact) mass is 511 g/mol. The molecule has 184 valence electrons. The molecule has 0 bridgehead atoms. The Bertz CT molecular complexity index is 1220. The van der Waals surface area contributed by atoms with E-state index < -0.39 is 16.1 Å². The van der Waals surface area contributed by atoms with Crippen molar-refractivity contribution in [3.63, 3.8) is 0 Å². The van der Waals surface area contributed by atoms with Crippen LogP contribution in [-0.4, -0.2) is 40.0 Å². The van der Waals surface area contributed by atoms with Crippen LogP contribution in [0.3, 0.4) is 0 Å². The molecule has 4 rings (SSSR count). The third-order valence-electron chi connectivity index (χ3n) is 6.27. The van der Waals surface area contributed by atoms with Gasteiger partial charge in [-0.1, -0.05) is 78.3 Å². The summed E-state index contributed by atoms with van der Waals surface area (Å²) >= 11 is 5.96. The van der Waals surface area contributed by atoms with Crippen LogP contribution in [0.2, 0.25) is 5.02 Å². The van der Waals surface area contributed by atoms with Gasteiger partial charge in [0.25, 0.3) is 0 Å². The van der Waals surface area contributed by atoms with Crippen molar-refractivity contribution in [2.24, 2.45) is 5.92 Å². The van der Waals surface area contributed by atoms with Gasteiger partial charge in [-0.15, -0.1) is 0 Å². The molecule has 1 saturated heterocycles. The first-order valence-electron chi connectivity index (χ1n) is 11.8. The average molecular weight is 512 g/mol. The Kier molecular flexibility index (Phi) is 8.57. The van der Waals surface area contributed by atoms with Crippen LogP contribution in [0.5, 0.6) is 0 Å². The van der Waals surface area contributed by atoms with E-state index in [1.165, 1.54) is 23.3 Å². The molecule has 8 heteroatoms. The molecular formula is C27H30ClN3O3S. The second-order valence-electron chi connectivity index (χ2n) is 8.91. The number of halogens is 1. The van der Waals surface area contributed by atoms with Crippen molar-refractivity contribution in [3.05, 3.63) is 101 Å². The first-order valence-corrected chi connectivity index (χ1v) is 13.6. The van der Waals surface area contributed by atoms with Crippen LogP contribution in [0.1, 0.15) is 23.5 Å². The summed E-state index contributed by atoms with van der Waals surface area (Å²) in [4.78, 5) is 13.2. The quantitative estimate of drug-likeness (QED) is 0.408. The van der Waals surface area contributed by atoms with Gasteiger partial charge in [-0.05, 0) is 42.2 Å². The summed E-state index contributed by atoms with van der Waals surface area (Å²) in [5.74, 6) is -0.265. The predicted octanol–water partition coefficient (Wildman–Crippen LogP) is 3.74. The Hall–Kier alpha value is -2.71. The summed E-state index contributed by atoms with van der Waals surface area (Å²) in [5, 5.41) is 6.67. The molecule has 3 aromatic rings. The first kappa shape index (κ1) is 25.4. The molecule has 0 spiro atoms. The zero-order valence-electron chi connectivity index (χ0n) is 19.4. The highest BCUT2D eigenvalue weighted by Gasteiger charge is 2.30. The van der Waals surface area contributed by atoms with E-state index in [0.29, 0.717) is 31.1 Å². The molecule has 3 aromatic carbocycles. The van der Waals surface area contributed by atoms with Crippen molar-refractivity contribution < 1.29 is 13.2 Å². The zero-order valence-corrected chi connectivity index (χ0v) is 20.9. The molecular weight excluding hydrogens is 482 g/mol. The maximum atomic E-state index is 13.1. The van der Waals surface area contributed by atoms with Crippen molar-refractivity contribution in [2.45, 2.75) is 29.7 Å². The second-order valence-corrected chi connectivity index (χ2v) is 11.1. The molecule has 1 amide bonds. The Morgan fingerprint density at radius 1 is 0.971 bits per heavy atom. The molecule has 3 N–H and O–H groups in total. The zero-order chi connectivity index (χ0) is 24.7. The minimum Gasteiger partial charge on any atom is -0.355 e. The molecule has 3 atom stereocenters. The van der Waals surface area contributed by atoms with Crippen molar-refractivity contribution in [2.75, 3.05) is 19.6 Å². The summed E-state index contributed by atoms with van der Waals surface area (Å²) in [5.41, 5.74) is 2.39. The van der Waals surface area contributed by atoms with E-state index >= 15 is 0 Å². The number of sulfonamides is 1. The van der Waals surface area contributed by atoms with Gasteiger partial charge in [-0.2, -0.15) is 0 Å². The van der Waals surface area contributed by atoms with E-state index in [-0.39, 0.29) is 22.6 Å². The fraction of sp³-hybridized carbons (Fsp3) is 0.296. The average Bonchev–Trinajstić information content (AvgIpc) is 2.87. The van der Waals surface area contributed by atoms with Gasteiger partial charge in [0.2, 0.25) is 15.9 Å². The maximum Gasteiger partial charge on any atom is 0.240 e. The van der Waals surface area contributed by atoms with Crippen LogP contribution >= 0.6 is 11.6 Å². The number of carbonyl (C=O) groups excluding carboxylic acids is 1. The highest BCUT2D eigenvalue weighted by molar-refractivity contribution is 7.89. The van der Waals surface area contributed by atoms with Crippen LogP contribution in [-0.2, 0) is 21.2 Å². The number of carbonyl (C=O) groups is 1. The molecule has 0 saturated carbocycles. The van der Waals surface area contributed by atoms with E-state index in [9.17, 15) is 13.2 Å². The third-order valence-corrected chi connectivity index (χ3v) is 8.02. The number of nitrogens with one attached hydrogen (secondary N) is 3. The van der Waals surface area contributed by atoms with Crippen LogP contribution < -0.4 is 15.4 Å². The lowest BCUT2D eigenvalue weighted by Gasteiger charge is -2.30. The highest BCUT2D eigenvalue weighted by Crippen LogP contribution is 2.22. The van der Waals surface area contributed by atoms with Crippen molar-refractivity contribution >= 4 is 27.5 Å². The minimum atomic E-state index is -3.73. The first-order chi connectivity index (χ1) is 16.9. The van der Waals surface area contributed by atoms with Gasteiger partial charge in [0.15, 0.2) is 0 Å². The number of rotatable bonds is 9. The van der Waals surface area contributed by atoms with Gasteiger partial charge in [-0.3, -0.25) is 4.79 Å². The van der Waals surface area contributed by atoms with E-state index in [2.05, 4.69) is 39.6 Å². The standard InChI is InChI=1S/C27H30ClN3O3S/c28-24-12-7-13-26(16-24)35(33,34)31-25-15-23(17-29-19-25)27(32)30-18-22(21-10-5-2-6-11-21)14-20-8-3-1-4-9-20/h1-13,16,22-23,25,29,31H,14-15,17-19H2,(H,30,32)/t22?,23-,25+/m0/s1. The van der Waals surface area contributed by atoms with E-state index in [1.807, 2.05) is 36.4 Å². The molecule has 1 fully saturated rings. The highest BCUT2D eigenvalue weighted by atomic mass is 35.5. The normalized spacial score (nSPS) is 19.1. The third kappa shape index (κ3) is 7.15. The molecule has 1 aliphatic rings. The molecule has 35 heavy (non-hydrogen) atoms. The summed E-state index contributed by atoms with van der Waals surface area (Å²) in [6, 6.07) is 26.2. The SMILES string of the molecule is O=C(NCC(Cc1ccccc1)c1ccccc1)[C@@H]1CNC[C@H](NS(=O)(=O)c2cccc(Cl)c2)C1. The van der Waals surface area contributed by atoms with Gasteiger partial charge in [0.05, 0.1) is 10.8 Å². The largest absolute Gasteiger partial charge is 0.355 e. The molecule has 1 aliphatic heterocycles. The van der Waals surface area contributed by atoms with E-state index in [1.54, 1.807) is 12.1 Å². The van der Waals surface area contributed by atoms with Gasteiger partial charge in [0.1, 0.15) is 0 Å². The number of hydrogen-bond donors (Lipinski definition) is 3. The Morgan fingerprint density at radius 3 is 2.40 bits per heavy atom. The molecule has 1 heterocycles. The number of piperidine rings is 1. The maximum absolute atomic E-state index is 13.1. The Balaban J connectivity index is 1.37. The fourth-order valence-corrected chi connectivity index (χ4v) is 6.00. The van der Waals surface area contributed by atoms with Crippen molar-refractivity contribution in [1.82, 2.24) is 15.4 Å². The molecule has 6 nitrogen and oxygen atoms in total. The van der Waals surface area contributed by atoms with Crippen molar-refractivity contribution in [1.29, 1.82) is 0 Å². The molecule has 0 radical (unpaired) electrons. The van der Waals surface area contributed by atoms with E-state index in [4.69, 9.17) is 11.6 Å². The van der Waals surface area contributed by atoms with Crippen molar-refractivity contribution in [3.8, 4) is 0 Å². The minimum absolute atomic E-state index is 0.0712. The summed E-state index contributed by atoms with van der Waals surface area (Å²) in [6.45, 7) is 1.48. The van der Waals surface area contributed by atoms with Crippen LogP contribution in [0.15, 0.2) is 89.8 Å². The summed E-state index contributed by atoms with van der Waals surface area (Å²) in [7, 11) is -3.73. The van der Waals surface area contributed by atoms with Crippen LogP contribution in [0.25, 0.3) is 0 Å². The fourth-order valence-electron chi connectivity index (χ4n) is 4.45. The lowest BCUT2D eigenvalue weighted by molar-refractivity contribution is -0.125. The predicted molar refractivity (Wildman–Crippen MR) is 139 cm³/mol. The van der Waals surface area contributed by atoms with Gasteiger partial charge in [0, 0.05) is 36.6 Å². The topological polar surface area (TPSA) is 87.3 Å². The Labute approximate surface area is 212 Å². The van der Waals surface area contributed by atoms with Gasteiger partial charge >= 0.3 is 0 Å². The molecule has 0 aliphatic carbocycles. The molecule has 0 aromatic heterocycles. The molecule has 1 unspecified atom stereocenters. The summed E-state index contributed by atoms with van der Waals surface area (Å²) in [6.07, 6.45) is 1.24. The lowest BCUT2D eigenvalue weighted by Crippen LogP contribution is -2.52. The van der Waals surface area contributed by atoms with E-state index in [0.717, 1.165) is 6.42 Å². The van der Waals surface area contributed by atoms with Gasteiger partial charge < -0.3 is 10.6 Å². The smallest absolute Gasteiger partial charge is 0.240 e. The second kappa shape index (κ2) is 11.8. The summed E-state index contributed by atoms with van der Waals surface area (Å²) < 4.78 is 28.3. The number of amides is 1. The Morgan fingerprint density at radius 2 is 1.69 bits per heavy atom. The van der Waals surface area contributed by atoms with Crippen LogP contribution in [0.4, 0.5) is 0 Å². The van der Waals surface area contributed by atoms with Gasteiger partial charge in [-0.25, -0.2) is 13.1 Å².